The second-order valence-corrected chi connectivity index (χ2v) is 5.42. The largest absolute Gasteiger partial charge is 0.397 e. The topological polar surface area (TPSA) is 68.4 Å². The Hall–Kier alpha value is -1.13. The smallest absolute Gasteiger partial charge is 0.0975 e. The van der Waals surface area contributed by atoms with E-state index in [1.54, 1.807) is 12.4 Å². The number of hydrogen-bond donors (Lipinski definition) is 2. The lowest BCUT2D eigenvalue weighted by molar-refractivity contribution is -0.186. The molecule has 92 valence electrons. The molecule has 1 spiro atoms. The van der Waals surface area contributed by atoms with Crippen molar-refractivity contribution in [3.8, 4) is 0 Å². The van der Waals surface area contributed by atoms with E-state index in [0.29, 0.717) is 5.69 Å². The van der Waals surface area contributed by atoms with Crippen LogP contribution < -0.4 is 5.73 Å². The van der Waals surface area contributed by atoms with Gasteiger partial charge in [-0.2, -0.15) is 0 Å². The highest BCUT2D eigenvalue weighted by Crippen LogP contribution is 2.56. The zero-order chi connectivity index (χ0) is 12.1. The molecule has 2 atom stereocenters. The lowest BCUT2D eigenvalue weighted by Gasteiger charge is -2.42. The zero-order valence-corrected chi connectivity index (χ0v) is 10.0. The van der Waals surface area contributed by atoms with Gasteiger partial charge in [0.05, 0.1) is 29.2 Å². The number of rotatable bonds is 1. The number of aromatic nitrogens is 1. The summed E-state index contributed by atoms with van der Waals surface area (Å²) in [5.74, 6) is 0. The minimum Gasteiger partial charge on any atom is -0.397 e. The molecule has 2 aliphatic rings. The van der Waals surface area contributed by atoms with E-state index in [0.717, 1.165) is 31.2 Å². The van der Waals surface area contributed by atoms with Crippen LogP contribution in [0.2, 0.25) is 0 Å². The number of hydrogen-bond acceptors (Lipinski definition) is 4. The van der Waals surface area contributed by atoms with Gasteiger partial charge in [0.25, 0.3) is 0 Å². The minimum atomic E-state index is -0.689. The van der Waals surface area contributed by atoms with Crippen molar-refractivity contribution in [1.29, 1.82) is 0 Å². The molecule has 0 amide bonds. The fourth-order valence-electron chi connectivity index (χ4n) is 2.80. The second kappa shape index (κ2) is 3.43. The Balaban J connectivity index is 1.86. The molecule has 2 fully saturated rings. The van der Waals surface area contributed by atoms with Gasteiger partial charge in [0.15, 0.2) is 0 Å². The molecule has 1 saturated carbocycles. The number of nitrogen functional groups attached to an aromatic ring is 1. The quantitative estimate of drug-likeness (QED) is 0.777. The van der Waals surface area contributed by atoms with Gasteiger partial charge in [-0.15, -0.1) is 0 Å². The predicted molar refractivity (Wildman–Crippen MR) is 64.3 cm³/mol. The van der Waals surface area contributed by atoms with Crippen LogP contribution in [-0.4, -0.2) is 21.3 Å². The van der Waals surface area contributed by atoms with E-state index in [-0.39, 0.29) is 11.7 Å². The van der Waals surface area contributed by atoms with Gasteiger partial charge in [-0.1, -0.05) is 0 Å². The van der Waals surface area contributed by atoms with Crippen molar-refractivity contribution in [3.63, 3.8) is 0 Å². The van der Waals surface area contributed by atoms with Crippen LogP contribution in [-0.2, 0) is 4.74 Å². The number of nitrogens with two attached hydrogens (primary N) is 1. The van der Waals surface area contributed by atoms with E-state index in [2.05, 4.69) is 4.98 Å². The summed E-state index contributed by atoms with van der Waals surface area (Å²) in [5, 5.41) is 10.3. The van der Waals surface area contributed by atoms with Crippen molar-refractivity contribution in [2.24, 2.45) is 0 Å². The molecule has 4 nitrogen and oxygen atoms in total. The van der Waals surface area contributed by atoms with Gasteiger partial charge in [0, 0.05) is 11.8 Å². The standard InChI is InChI=1S/C13H18N2O2/c1-12(16)4-2-11(17-13(12)5-6-13)9-3-7-15-8-10(9)14/h3,7-8,11,16H,2,4-6,14H2,1H3/t11-,12+/m0/s1. The van der Waals surface area contributed by atoms with Crippen molar-refractivity contribution in [3.05, 3.63) is 24.0 Å². The maximum Gasteiger partial charge on any atom is 0.0975 e. The van der Waals surface area contributed by atoms with Crippen molar-refractivity contribution in [1.82, 2.24) is 4.98 Å². The predicted octanol–water partition coefficient (Wildman–Crippen LogP) is 1.80. The van der Waals surface area contributed by atoms with Crippen LogP contribution in [0.3, 0.4) is 0 Å². The fourth-order valence-corrected chi connectivity index (χ4v) is 2.80. The first-order valence-electron chi connectivity index (χ1n) is 6.14. The molecule has 1 aromatic rings. The molecule has 0 unspecified atom stereocenters. The molecule has 1 aliphatic carbocycles. The number of pyridine rings is 1. The average molecular weight is 234 g/mol. The van der Waals surface area contributed by atoms with E-state index in [4.69, 9.17) is 10.5 Å². The van der Waals surface area contributed by atoms with Gasteiger partial charge in [-0.25, -0.2) is 0 Å². The number of aliphatic hydroxyl groups is 1. The third-order valence-electron chi connectivity index (χ3n) is 4.18. The highest BCUT2D eigenvalue weighted by molar-refractivity contribution is 5.45. The Morgan fingerprint density at radius 3 is 2.88 bits per heavy atom. The van der Waals surface area contributed by atoms with Crippen LogP contribution in [0, 0.1) is 0 Å². The van der Waals surface area contributed by atoms with Crippen molar-refractivity contribution in [2.75, 3.05) is 5.73 Å². The molecule has 4 heteroatoms. The molecule has 3 rings (SSSR count). The average Bonchev–Trinajstić information content (AvgIpc) is 3.05. The van der Waals surface area contributed by atoms with Gasteiger partial charge < -0.3 is 15.6 Å². The normalized spacial score (nSPS) is 34.8. The van der Waals surface area contributed by atoms with Crippen molar-refractivity contribution in [2.45, 2.75) is 49.9 Å². The van der Waals surface area contributed by atoms with Crippen LogP contribution in [0.25, 0.3) is 0 Å². The van der Waals surface area contributed by atoms with Crippen LogP contribution in [0.4, 0.5) is 5.69 Å². The van der Waals surface area contributed by atoms with Crippen molar-refractivity contribution < 1.29 is 9.84 Å². The first kappa shape index (κ1) is 11.0. The van der Waals surface area contributed by atoms with E-state index < -0.39 is 5.60 Å². The molecule has 1 aliphatic heterocycles. The van der Waals surface area contributed by atoms with Gasteiger partial charge >= 0.3 is 0 Å². The molecule has 3 N–H and O–H groups in total. The number of ether oxygens (including phenoxy) is 1. The summed E-state index contributed by atoms with van der Waals surface area (Å²) in [6.07, 6.45) is 6.86. The molecule has 17 heavy (non-hydrogen) atoms. The minimum absolute atomic E-state index is 0.000671. The number of nitrogens with zero attached hydrogens (tertiary/aromatic N) is 1. The fraction of sp³-hybridized carbons (Fsp3) is 0.615. The molecular formula is C13H18N2O2. The Morgan fingerprint density at radius 1 is 1.47 bits per heavy atom. The third kappa shape index (κ3) is 1.63. The third-order valence-corrected chi connectivity index (χ3v) is 4.18. The Morgan fingerprint density at radius 2 is 2.24 bits per heavy atom. The van der Waals surface area contributed by atoms with Crippen LogP contribution in [0.5, 0.6) is 0 Å². The van der Waals surface area contributed by atoms with Gasteiger partial charge in [-0.3, -0.25) is 4.98 Å². The highest BCUT2D eigenvalue weighted by Gasteiger charge is 2.60. The summed E-state index contributed by atoms with van der Waals surface area (Å²) in [4.78, 5) is 3.99. The van der Waals surface area contributed by atoms with Gasteiger partial charge in [0.2, 0.25) is 0 Å². The maximum absolute atomic E-state index is 10.3. The molecule has 1 saturated heterocycles. The van der Waals surface area contributed by atoms with Gasteiger partial charge in [0.1, 0.15) is 0 Å². The monoisotopic (exact) mass is 234 g/mol. The number of anilines is 1. The van der Waals surface area contributed by atoms with Crippen molar-refractivity contribution >= 4 is 5.69 Å². The summed E-state index contributed by atoms with van der Waals surface area (Å²) < 4.78 is 6.11. The Labute approximate surface area is 101 Å². The molecule has 0 radical (unpaired) electrons. The summed E-state index contributed by atoms with van der Waals surface area (Å²) in [5.41, 5.74) is 6.58. The summed E-state index contributed by atoms with van der Waals surface area (Å²) in [7, 11) is 0. The Bertz CT molecular complexity index is 441. The van der Waals surface area contributed by atoms with E-state index >= 15 is 0 Å². The SMILES string of the molecule is C[C@@]1(O)CC[C@@H](c2ccncc2N)OC12CC2. The first-order chi connectivity index (χ1) is 8.04. The first-order valence-corrected chi connectivity index (χ1v) is 6.14. The molecule has 0 bridgehead atoms. The Kier molecular flexibility index (Phi) is 2.22. The maximum atomic E-state index is 10.3. The van der Waals surface area contributed by atoms with Crippen LogP contribution >= 0.6 is 0 Å². The summed E-state index contributed by atoms with van der Waals surface area (Å²) >= 11 is 0. The summed E-state index contributed by atoms with van der Waals surface area (Å²) in [6, 6.07) is 1.91. The molecule has 0 aromatic carbocycles. The van der Waals surface area contributed by atoms with Crippen LogP contribution in [0.15, 0.2) is 18.5 Å². The van der Waals surface area contributed by atoms with E-state index in [1.807, 2.05) is 13.0 Å². The lowest BCUT2D eigenvalue weighted by Crippen LogP contribution is -2.47. The molecule has 1 aromatic heterocycles. The van der Waals surface area contributed by atoms with E-state index in [1.165, 1.54) is 0 Å². The lowest BCUT2D eigenvalue weighted by atomic mass is 9.85. The van der Waals surface area contributed by atoms with Crippen LogP contribution in [0.1, 0.15) is 44.3 Å². The zero-order valence-electron chi connectivity index (χ0n) is 10.0. The second-order valence-electron chi connectivity index (χ2n) is 5.42. The van der Waals surface area contributed by atoms with Gasteiger partial charge in [-0.05, 0) is 38.7 Å². The van der Waals surface area contributed by atoms with E-state index in [9.17, 15) is 5.11 Å². The summed E-state index contributed by atoms with van der Waals surface area (Å²) in [6.45, 7) is 1.88. The highest BCUT2D eigenvalue weighted by atomic mass is 16.5. The molecule has 2 heterocycles. The molecular weight excluding hydrogens is 216 g/mol.